The molecular formula is C16H31NO3. The van der Waals surface area contributed by atoms with Crippen LogP contribution in [0.3, 0.4) is 0 Å². The molecule has 2 N–H and O–H groups in total. The van der Waals surface area contributed by atoms with Crippen molar-refractivity contribution in [2.75, 3.05) is 7.11 Å². The molecule has 0 aromatic heterocycles. The first-order chi connectivity index (χ1) is 9.63. The van der Waals surface area contributed by atoms with Crippen molar-refractivity contribution in [2.24, 2.45) is 5.73 Å². The van der Waals surface area contributed by atoms with E-state index in [2.05, 4.69) is 11.7 Å². The molecule has 118 valence electrons. The van der Waals surface area contributed by atoms with Crippen molar-refractivity contribution in [3.05, 3.63) is 0 Å². The van der Waals surface area contributed by atoms with Crippen LogP contribution in [0.2, 0.25) is 0 Å². The van der Waals surface area contributed by atoms with Gasteiger partial charge in [-0.2, -0.15) is 0 Å². The van der Waals surface area contributed by atoms with E-state index in [4.69, 9.17) is 5.73 Å². The fraction of sp³-hybridized carbons (Fsp3) is 0.875. The summed E-state index contributed by atoms with van der Waals surface area (Å²) in [7, 11) is 1.25. The predicted molar refractivity (Wildman–Crippen MR) is 81.5 cm³/mol. The van der Waals surface area contributed by atoms with Crippen molar-refractivity contribution < 1.29 is 14.3 Å². The van der Waals surface area contributed by atoms with Gasteiger partial charge in [0.05, 0.1) is 7.11 Å². The molecule has 0 amide bonds. The number of esters is 1. The summed E-state index contributed by atoms with van der Waals surface area (Å²) in [6, 6.07) is -1.10. The van der Waals surface area contributed by atoms with E-state index in [1.54, 1.807) is 0 Å². The maximum absolute atomic E-state index is 11.6. The fourth-order valence-electron chi connectivity index (χ4n) is 2.20. The lowest BCUT2D eigenvalue weighted by Crippen LogP contribution is -2.39. The lowest BCUT2D eigenvalue weighted by molar-refractivity contribution is -0.145. The molecule has 0 aliphatic carbocycles. The van der Waals surface area contributed by atoms with Gasteiger partial charge in [0.15, 0.2) is 11.8 Å². The van der Waals surface area contributed by atoms with Crippen molar-refractivity contribution in [1.82, 2.24) is 0 Å². The van der Waals surface area contributed by atoms with Crippen LogP contribution in [0.15, 0.2) is 0 Å². The van der Waals surface area contributed by atoms with E-state index in [1.165, 1.54) is 52.1 Å². The van der Waals surface area contributed by atoms with Crippen LogP contribution in [0.1, 0.15) is 77.6 Å². The molecule has 0 fully saturated rings. The van der Waals surface area contributed by atoms with Crippen LogP contribution in [0.25, 0.3) is 0 Å². The van der Waals surface area contributed by atoms with E-state index < -0.39 is 12.0 Å². The van der Waals surface area contributed by atoms with Crippen LogP contribution in [0.5, 0.6) is 0 Å². The third-order valence-corrected chi connectivity index (χ3v) is 3.58. The Kier molecular flexibility index (Phi) is 12.5. The lowest BCUT2D eigenvalue weighted by atomic mass is 10.0. The van der Waals surface area contributed by atoms with Gasteiger partial charge in [0.2, 0.25) is 0 Å². The first-order valence-corrected chi connectivity index (χ1v) is 7.99. The van der Waals surface area contributed by atoms with E-state index in [1.807, 2.05) is 0 Å². The van der Waals surface area contributed by atoms with Crippen LogP contribution < -0.4 is 5.73 Å². The van der Waals surface area contributed by atoms with E-state index in [-0.39, 0.29) is 5.78 Å². The van der Waals surface area contributed by atoms with Crippen LogP contribution in [-0.4, -0.2) is 24.9 Å². The molecule has 4 nitrogen and oxygen atoms in total. The Morgan fingerprint density at radius 2 is 1.35 bits per heavy atom. The number of carbonyl (C=O) groups excluding carboxylic acids is 2. The first kappa shape index (κ1) is 19.1. The number of hydrogen-bond donors (Lipinski definition) is 1. The summed E-state index contributed by atoms with van der Waals surface area (Å²) in [5, 5.41) is 0. The molecule has 0 bridgehead atoms. The third kappa shape index (κ3) is 9.96. The fourth-order valence-corrected chi connectivity index (χ4v) is 2.20. The number of methoxy groups -OCH3 is 1. The van der Waals surface area contributed by atoms with Gasteiger partial charge >= 0.3 is 5.97 Å². The zero-order chi connectivity index (χ0) is 15.2. The van der Waals surface area contributed by atoms with Crippen LogP contribution >= 0.6 is 0 Å². The Morgan fingerprint density at radius 3 is 1.80 bits per heavy atom. The highest BCUT2D eigenvalue weighted by Crippen LogP contribution is 2.11. The highest BCUT2D eigenvalue weighted by Gasteiger charge is 2.21. The zero-order valence-electron chi connectivity index (χ0n) is 13.2. The number of unbranched alkanes of at least 4 members (excludes halogenated alkanes) is 9. The molecule has 0 spiro atoms. The Hall–Kier alpha value is -0.900. The number of rotatable bonds is 13. The summed E-state index contributed by atoms with van der Waals surface area (Å²) in [6.45, 7) is 2.23. The van der Waals surface area contributed by atoms with Crippen molar-refractivity contribution in [3.63, 3.8) is 0 Å². The second-order valence-electron chi connectivity index (χ2n) is 5.40. The number of nitrogens with two attached hydrogens (primary N) is 1. The molecule has 0 rings (SSSR count). The molecule has 0 aromatic rings. The van der Waals surface area contributed by atoms with Crippen molar-refractivity contribution in [2.45, 2.75) is 83.6 Å². The number of Topliss-reactive ketones (excluding diaryl/α,β-unsaturated/α-hetero) is 1. The molecule has 0 saturated carbocycles. The lowest BCUT2D eigenvalue weighted by Gasteiger charge is -2.07. The monoisotopic (exact) mass is 285 g/mol. The molecule has 20 heavy (non-hydrogen) atoms. The average Bonchev–Trinajstić information content (AvgIpc) is 2.47. The number of hydrogen-bond acceptors (Lipinski definition) is 4. The first-order valence-electron chi connectivity index (χ1n) is 7.99. The van der Waals surface area contributed by atoms with E-state index in [0.717, 1.165) is 19.3 Å². The second kappa shape index (κ2) is 13.1. The predicted octanol–water partition coefficient (Wildman–Crippen LogP) is 3.37. The summed E-state index contributed by atoms with van der Waals surface area (Å²) < 4.78 is 4.45. The Morgan fingerprint density at radius 1 is 0.900 bits per heavy atom. The molecule has 0 saturated heterocycles. The molecule has 1 unspecified atom stereocenters. The van der Waals surface area contributed by atoms with Crippen LogP contribution in [0, 0.1) is 0 Å². The van der Waals surface area contributed by atoms with Gasteiger partial charge < -0.3 is 10.5 Å². The van der Waals surface area contributed by atoms with E-state index in [9.17, 15) is 9.59 Å². The summed E-state index contributed by atoms with van der Waals surface area (Å²) in [6.07, 6.45) is 12.6. The Balaban J connectivity index is 3.35. The Labute approximate surface area is 123 Å². The molecule has 0 heterocycles. The molecule has 0 radical (unpaired) electrons. The topological polar surface area (TPSA) is 69.4 Å². The van der Waals surface area contributed by atoms with E-state index in [0.29, 0.717) is 6.42 Å². The van der Waals surface area contributed by atoms with Gasteiger partial charge in [-0.1, -0.05) is 64.7 Å². The third-order valence-electron chi connectivity index (χ3n) is 3.58. The molecule has 0 aliphatic rings. The number of ether oxygens (including phenoxy) is 1. The second-order valence-corrected chi connectivity index (χ2v) is 5.40. The summed E-state index contributed by atoms with van der Waals surface area (Å²) in [4.78, 5) is 22.6. The molecule has 1 atom stereocenters. The average molecular weight is 285 g/mol. The van der Waals surface area contributed by atoms with Gasteiger partial charge in [0, 0.05) is 6.42 Å². The maximum Gasteiger partial charge on any atom is 0.330 e. The van der Waals surface area contributed by atoms with Gasteiger partial charge in [-0.25, -0.2) is 4.79 Å². The quantitative estimate of drug-likeness (QED) is 0.320. The van der Waals surface area contributed by atoms with Crippen molar-refractivity contribution >= 4 is 11.8 Å². The largest absolute Gasteiger partial charge is 0.468 e. The minimum Gasteiger partial charge on any atom is -0.468 e. The Bertz CT molecular complexity index is 266. The molecular weight excluding hydrogens is 254 g/mol. The maximum atomic E-state index is 11.6. The van der Waals surface area contributed by atoms with E-state index >= 15 is 0 Å². The standard InChI is InChI=1S/C16H31NO3/c1-3-4-5-6-7-8-9-10-11-12-13-14(18)15(17)16(19)20-2/h15H,3-13,17H2,1-2H3. The highest BCUT2D eigenvalue weighted by atomic mass is 16.5. The highest BCUT2D eigenvalue weighted by molar-refractivity contribution is 6.02. The SMILES string of the molecule is CCCCCCCCCCCCC(=O)C(N)C(=O)OC. The minimum atomic E-state index is -1.10. The number of carbonyl (C=O) groups is 2. The van der Waals surface area contributed by atoms with Gasteiger partial charge in [-0.3, -0.25) is 4.79 Å². The van der Waals surface area contributed by atoms with Crippen LogP contribution in [-0.2, 0) is 14.3 Å². The van der Waals surface area contributed by atoms with Gasteiger partial charge in [0.25, 0.3) is 0 Å². The minimum absolute atomic E-state index is 0.212. The smallest absolute Gasteiger partial charge is 0.330 e. The summed E-state index contributed by atoms with van der Waals surface area (Å²) in [5.41, 5.74) is 5.47. The summed E-state index contributed by atoms with van der Waals surface area (Å²) in [5.74, 6) is -0.849. The molecule has 0 aliphatic heterocycles. The number of ketones is 1. The molecule has 0 aromatic carbocycles. The van der Waals surface area contributed by atoms with Gasteiger partial charge in [-0.15, -0.1) is 0 Å². The molecule has 4 heteroatoms. The van der Waals surface area contributed by atoms with Gasteiger partial charge in [0.1, 0.15) is 0 Å². The normalized spacial score (nSPS) is 12.2. The van der Waals surface area contributed by atoms with Crippen molar-refractivity contribution in [3.8, 4) is 0 Å². The van der Waals surface area contributed by atoms with Gasteiger partial charge in [-0.05, 0) is 6.42 Å². The zero-order valence-corrected chi connectivity index (χ0v) is 13.2. The van der Waals surface area contributed by atoms with Crippen LogP contribution in [0.4, 0.5) is 0 Å². The summed E-state index contributed by atoms with van der Waals surface area (Å²) >= 11 is 0. The van der Waals surface area contributed by atoms with Crippen molar-refractivity contribution in [1.29, 1.82) is 0 Å².